The van der Waals surface area contributed by atoms with E-state index in [2.05, 4.69) is 50.7 Å². The maximum atomic E-state index is 5.76. The van der Waals surface area contributed by atoms with Gasteiger partial charge in [0.05, 0.1) is 18.8 Å². The highest BCUT2D eigenvalue weighted by Gasteiger charge is 2.20. The summed E-state index contributed by atoms with van der Waals surface area (Å²) in [5.74, 6) is 2.15. The third-order valence-corrected chi connectivity index (χ3v) is 4.39. The van der Waals surface area contributed by atoms with E-state index in [0.29, 0.717) is 6.61 Å². The second-order valence-corrected chi connectivity index (χ2v) is 5.79. The van der Waals surface area contributed by atoms with Crippen LogP contribution in [0.4, 0.5) is 5.69 Å². The maximum absolute atomic E-state index is 5.76. The first-order valence-electron chi connectivity index (χ1n) is 8.51. The standard InChI is InChI=1S/C18H26N4O/c1-3-21-10-9-19-18(21)15-20-11-13-22(14-12-20)16-7-5-6-8-17(16)23-4-2/h5-10H,3-4,11-15H2,1-2H3. The molecule has 1 aliphatic heterocycles. The minimum absolute atomic E-state index is 0.705. The molecule has 2 heterocycles. The molecule has 5 heteroatoms. The number of anilines is 1. The summed E-state index contributed by atoms with van der Waals surface area (Å²) >= 11 is 0. The van der Waals surface area contributed by atoms with E-state index >= 15 is 0 Å². The van der Waals surface area contributed by atoms with Gasteiger partial charge in [0, 0.05) is 45.1 Å². The van der Waals surface area contributed by atoms with Gasteiger partial charge in [-0.15, -0.1) is 0 Å². The van der Waals surface area contributed by atoms with Gasteiger partial charge in [-0.25, -0.2) is 4.98 Å². The first kappa shape index (κ1) is 15.9. The van der Waals surface area contributed by atoms with Crippen LogP contribution in [0.15, 0.2) is 36.7 Å². The Morgan fingerprint density at radius 1 is 1.09 bits per heavy atom. The topological polar surface area (TPSA) is 33.5 Å². The number of imidazole rings is 1. The third kappa shape index (κ3) is 3.67. The average molecular weight is 314 g/mol. The number of hydrogen-bond donors (Lipinski definition) is 0. The number of para-hydroxylation sites is 2. The zero-order valence-electron chi connectivity index (χ0n) is 14.1. The lowest BCUT2D eigenvalue weighted by molar-refractivity contribution is 0.240. The molecule has 0 atom stereocenters. The predicted molar refractivity (Wildman–Crippen MR) is 93.0 cm³/mol. The summed E-state index contributed by atoms with van der Waals surface area (Å²) < 4.78 is 7.98. The summed E-state index contributed by atoms with van der Waals surface area (Å²) in [7, 11) is 0. The highest BCUT2D eigenvalue weighted by Crippen LogP contribution is 2.28. The Kier molecular flexibility index (Phi) is 5.18. The molecule has 1 fully saturated rings. The second kappa shape index (κ2) is 7.51. The fourth-order valence-corrected chi connectivity index (χ4v) is 3.12. The van der Waals surface area contributed by atoms with Crippen LogP contribution in [-0.4, -0.2) is 47.2 Å². The maximum Gasteiger partial charge on any atom is 0.142 e. The van der Waals surface area contributed by atoms with Gasteiger partial charge in [0.2, 0.25) is 0 Å². The van der Waals surface area contributed by atoms with Crippen LogP contribution in [0.1, 0.15) is 19.7 Å². The fourth-order valence-electron chi connectivity index (χ4n) is 3.12. The number of hydrogen-bond acceptors (Lipinski definition) is 4. The zero-order valence-corrected chi connectivity index (χ0v) is 14.1. The molecule has 0 aliphatic carbocycles. The molecule has 1 aromatic carbocycles. The predicted octanol–water partition coefficient (Wildman–Crippen LogP) is 2.62. The van der Waals surface area contributed by atoms with Gasteiger partial charge < -0.3 is 14.2 Å². The third-order valence-electron chi connectivity index (χ3n) is 4.39. The number of benzene rings is 1. The van der Waals surface area contributed by atoms with Crippen LogP contribution in [0.5, 0.6) is 5.75 Å². The lowest BCUT2D eigenvalue weighted by atomic mass is 10.2. The summed E-state index contributed by atoms with van der Waals surface area (Å²) in [4.78, 5) is 9.39. The largest absolute Gasteiger partial charge is 0.492 e. The lowest BCUT2D eigenvalue weighted by Crippen LogP contribution is -2.46. The number of nitrogens with zero attached hydrogens (tertiary/aromatic N) is 4. The van der Waals surface area contributed by atoms with Gasteiger partial charge in [-0.1, -0.05) is 12.1 Å². The first-order chi connectivity index (χ1) is 11.3. The van der Waals surface area contributed by atoms with Crippen LogP contribution in [0, 0.1) is 0 Å². The van der Waals surface area contributed by atoms with Crippen molar-refractivity contribution in [3.8, 4) is 5.75 Å². The summed E-state index contributed by atoms with van der Waals surface area (Å²) in [6.07, 6.45) is 3.96. The molecule has 0 amide bonds. The molecule has 0 spiro atoms. The van der Waals surface area contributed by atoms with Gasteiger partial charge in [-0.05, 0) is 26.0 Å². The van der Waals surface area contributed by atoms with Crippen molar-refractivity contribution in [3.05, 3.63) is 42.5 Å². The van der Waals surface area contributed by atoms with Crippen LogP contribution in [-0.2, 0) is 13.1 Å². The normalized spacial score (nSPS) is 15.8. The molecular weight excluding hydrogens is 288 g/mol. The molecule has 2 aromatic rings. The van der Waals surface area contributed by atoms with Gasteiger partial charge in [0.25, 0.3) is 0 Å². The molecule has 5 nitrogen and oxygen atoms in total. The first-order valence-corrected chi connectivity index (χ1v) is 8.51. The number of aryl methyl sites for hydroxylation is 1. The van der Waals surface area contributed by atoms with Gasteiger partial charge >= 0.3 is 0 Å². The SMILES string of the molecule is CCOc1ccccc1N1CCN(Cc2nccn2CC)CC1. The van der Waals surface area contributed by atoms with Crippen molar-refractivity contribution >= 4 is 5.69 Å². The summed E-state index contributed by atoms with van der Waals surface area (Å²) in [6.45, 7) is 11.0. The second-order valence-electron chi connectivity index (χ2n) is 5.79. The van der Waals surface area contributed by atoms with Crippen LogP contribution >= 0.6 is 0 Å². The molecule has 1 saturated heterocycles. The van der Waals surface area contributed by atoms with E-state index in [1.54, 1.807) is 0 Å². The highest BCUT2D eigenvalue weighted by atomic mass is 16.5. The quantitative estimate of drug-likeness (QED) is 0.821. The molecule has 3 rings (SSSR count). The van der Waals surface area contributed by atoms with Gasteiger partial charge in [0.15, 0.2) is 0 Å². The Morgan fingerprint density at radius 2 is 1.87 bits per heavy atom. The molecule has 0 N–H and O–H groups in total. The molecule has 0 bridgehead atoms. The Labute approximate surface area is 138 Å². The van der Waals surface area contributed by atoms with Gasteiger partial charge in [-0.2, -0.15) is 0 Å². The number of ether oxygens (including phenoxy) is 1. The van der Waals surface area contributed by atoms with E-state index < -0.39 is 0 Å². The van der Waals surface area contributed by atoms with Crippen molar-refractivity contribution in [1.29, 1.82) is 0 Å². The molecule has 0 radical (unpaired) electrons. The van der Waals surface area contributed by atoms with Crippen molar-refractivity contribution < 1.29 is 4.74 Å². The Balaban J connectivity index is 1.60. The van der Waals surface area contributed by atoms with Crippen LogP contribution in [0.25, 0.3) is 0 Å². The molecule has 124 valence electrons. The van der Waals surface area contributed by atoms with Gasteiger partial charge in [0.1, 0.15) is 11.6 Å². The minimum atomic E-state index is 0.705. The molecular formula is C18H26N4O. The van der Waals surface area contributed by atoms with Crippen LogP contribution in [0.3, 0.4) is 0 Å². The Hall–Kier alpha value is -2.01. The summed E-state index contributed by atoms with van der Waals surface area (Å²) in [6, 6.07) is 8.34. The molecule has 23 heavy (non-hydrogen) atoms. The summed E-state index contributed by atoms with van der Waals surface area (Å²) in [5.41, 5.74) is 1.21. The van der Waals surface area contributed by atoms with Crippen molar-refractivity contribution in [2.24, 2.45) is 0 Å². The average Bonchev–Trinajstić information content (AvgIpc) is 3.04. The van der Waals surface area contributed by atoms with E-state index in [4.69, 9.17) is 4.74 Å². The van der Waals surface area contributed by atoms with Crippen molar-refractivity contribution in [2.75, 3.05) is 37.7 Å². The number of piperazine rings is 1. The van der Waals surface area contributed by atoms with E-state index in [9.17, 15) is 0 Å². The molecule has 1 aromatic heterocycles. The van der Waals surface area contributed by atoms with E-state index in [1.165, 1.54) is 5.69 Å². The minimum Gasteiger partial charge on any atom is -0.492 e. The van der Waals surface area contributed by atoms with E-state index in [-0.39, 0.29) is 0 Å². The monoisotopic (exact) mass is 314 g/mol. The van der Waals surface area contributed by atoms with Crippen LogP contribution < -0.4 is 9.64 Å². The Bertz CT molecular complexity index is 617. The lowest BCUT2D eigenvalue weighted by Gasteiger charge is -2.36. The number of rotatable bonds is 6. The van der Waals surface area contributed by atoms with E-state index in [0.717, 1.165) is 50.8 Å². The highest BCUT2D eigenvalue weighted by molar-refractivity contribution is 5.58. The van der Waals surface area contributed by atoms with Crippen LogP contribution in [0.2, 0.25) is 0 Å². The molecule has 0 saturated carbocycles. The number of aromatic nitrogens is 2. The smallest absolute Gasteiger partial charge is 0.142 e. The summed E-state index contributed by atoms with van der Waals surface area (Å²) in [5, 5.41) is 0. The van der Waals surface area contributed by atoms with Crippen molar-refractivity contribution in [3.63, 3.8) is 0 Å². The van der Waals surface area contributed by atoms with E-state index in [1.807, 2.05) is 19.2 Å². The Morgan fingerprint density at radius 3 is 2.61 bits per heavy atom. The molecule has 1 aliphatic rings. The fraction of sp³-hybridized carbons (Fsp3) is 0.500. The molecule has 0 unspecified atom stereocenters. The van der Waals surface area contributed by atoms with Gasteiger partial charge in [-0.3, -0.25) is 4.90 Å². The zero-order chi connectivity index (χ0) is 16.1. The van der Waals surface area contributed by atoms with Crippen molar-refractivity contribution in [2.45, 2.75) is 26.9 Å². The van der Waals surface area contributed by atoms with Crippen molar-refractivity contribution in [1.82, 2.24) is 14.5 Å².